The number of thioether (sulfide) groups is 1. The van der Waals surface area contributed by atoms with Crippen molar-refractivity contribution in [3.63, 3.8) is 0 Å². The van der Waals surface area contributed by atoms with E-state index in [9.17, 15) is 4.79 Å². The van der Waals surface area contributed by atoms with Crippen molar-refractivity contribution >= 4 is 23.4 Å². The summed E-state index contributed by atoms with van der Waals surface area (Å²) in [4.78, 5) is 13.6. The fraction of sp³-hybridized carbons (Fsp3) is 0.611. The van der Waals surface area contributed by atoms with Crippen molar-refractivity contribution in [3.05, 3.63) is 24.3 Å². The Hall–Kier alpha value is -1.00. The number of para-hydroxylation sites is 1. The third kappa shape index (κ3) is 4.50. The van der Waals surface area contributed by atoms with E-state index < -0.39 is 0 Å². The SMILES string of the molecule is O=C(CC1CCNCC1)Nc1ccccc1SC1CCCC1. The maximum absolute atomic E-state index is 12.3. The van der Waals surface area contributed by atoms with Crippen LogP contribution >= 0.6 is 11.8 Å². The van der Waals surface area contributed by atoms with E-state index in [4.69, 9.17) is 0 Å². The molecule has 2 aliphatic rings. The molecule has 1 saturated carbocycles. The fourth-order valence-electron chi connectivity index (χ4n) is 3.41. The Balaban J connectivity index is 1.57. The number of hydrogen-bond acceptors (Lipinski definition) is 3. The van der Waals surface area contributed by atoms with Crippen LogP contribution in [0.5, 0.6) is 0 Å². The number of amides is 1. The summed E-state index contributed by atoms with van der Waals surface area (Å²) >= 11 is 1.94. The maximum atomic E-state index is 12.3. The molecule has 0 aromatic heterocycles. The molecule has 4 heteroatoms. The first-order valence-corrected chi connectivity index (χ1v) is 9.45. The summed E-state index contributed by atoms with van der Waals surface area (Å²) in [5, 5.41) is 7.23. The van der Waals surface area contributed by atoms with E-state index in [-0.39, 0.29) is 5.91 Å². The Morgan fingerprint density at radius 1 is 1.14 bits per heavy atom. The number of carbonyl (C=O) groups is 1. The number of benzene rings is 1. The van der Waals surface area contributed by atoms with Crippen LogP contribution in [0.4, 0.5) is 5.69 Å². The van der Waals surface area contributed by atoms with E-state index in [0.717, 1.165) is 36.9 Å². The quantitative estimate of drug-likeness (QED) is 0.860. The molecule has 0 bridgehead atoms. The second-order valence-corrected chi connectivity index (χ2v) is 7.81. The number of rotatable bonds is 5. The van der Waals surface area contributed by atoms with E-state index in [1.165, 1.54) is 30.6 Å². The number of carbonyl (C=O) groups excluding carboxylic acids is 1. The first kappa shape index (κ1) is 15.9. The Labute approximate surface area is 137 Å². The molecular formula is C18H26N2OS. The van der Waals surface area contributed by atoms with Crippen molar-refractivity contribution in [2.75, 3.05) is 18.4 Å². The molecular weight excluding hydrogens is 292 g/mol. The van der Waals surface area contributed by atoms with Crippen LogP contribution in [0.3, 0.4) is 0 Å². The van der Waals surface area contributed by atoms with Gasteiger partial charge in [-0.3, -0.25) is 4.79 Å². The molecule has 3 nitrogen and oxygen atoms in total. The summed E-state index contributed by atoms with van der Waals surface area (Å²) in [6.45, 7) is 2.10. The molecule has 1 aromatic carbocycles. The van der Waals surface area contributed by atoms with Crippen LogP contribution in [-0.4, -0.2) is 24.2 Å². The average molecular weight is 318 g/mol. The molecule has 2 N–H and O–H groups in total. The molecule has 0 atom stereocenters. The van der Waals surface area contributed by atoms with Crippen LogP contribution in [0.15, 0.2) is 29.2 Å². The minimum Gasteiger partial charge on any atom is -0.325 e. The summed E-state index contributed by atoms with van der Waals surface area (Å²) in [6.07, 6.45) is 8.20. The van der Waals surface area contributed by atoms with Crippen LogP contribution in [-0.2, 0) is 4.79 Å². The monoisotopic (exact) mass is 318 g/mol. The molecule has 1 amide bonds. The minimum atomic E-state index is 0.173. The molecule has 1 aliphatic carbocycles. The third-order valence-corrected chi connectivity index (χ3v) is 6.10. The number of piperidine rings is 1. The van der Waals surface area contributed by atoms with E-state index in [1.54, 1.807) is 0 Å². The third-order valence-electron chi connectivity index (χ3n) is 4.69. The maximum Gasteiger partial charge on any atom is 0.224 e. The molecule has 0 spiro atoms. The van der Waals surface area contributed by atoms with Gasteiger partial charge in [0.05, 0.1) is 5.69 Å². The summed E-state index contributed by atoms with van der Waals surface area (Å²) in [5.41, 5.74) is 0.998. The Morgan fingerprint density at radius 3 is 2.64 bits per heavy atom. The second-order valence-electron chi connectivity index (χ2n) is 6.47. The van der Waals surface area contributed by atoms with Crippen LogP contribution < -0.4 is 10.6 Å². The zero-order valence-electron chi connectivity index (χ0n) is 13.1. The van der Waals surface area contributed by atoms with Gasteiger partial charge in [0.15, 0.2) is 0 Å². The van der Waals surface area contributed by atoms with Crippen molar-refractivity contribution in [2.45, 2.75) is 55.1 Å². The van der Waals surface area contributed by atoms with Crippen LogP contribution in [0.25, 0.3) is 0 Å². The standard InChI is InChI=1S/C18H26N2OS/c21-18(13-14-9-11-19-12-10-14)20-16-7-3-4-8-17(16)22-15-5-1-2-6-15/h3-4,7-8,14-15,19H,1-2,5-6,9-13H2,(H,20,21). The summed E-state index contributed by atoms with van der Waals surface area (Å²) < 4.78 is 0. The van der Waals surface area contributed by atoms with Gasteiger partial charge in [0.25, 0.3) is 0 Å². The zero-order chi connectivity index (χ0) is 15.2. The lowest BCUT2D eigenvalue weighted by molar-refractivity contribution is -0.117. The Bertz CT molecular complexity index is 494. The van der Waals surface area contributed by atoms with Crippen LogP contribution in [0.1, 0.15) is 44.9 Å². The van der Waals surface area contributed by atoms with Crippen molar-refractivity contribution < 1.29 is 4.79 Å². The van der Waals surface area contributed by atoms with E-state index in [1.807, 2.05) is 23.9 Å². The highest BCUT2D eigenvalue weighted by Crippen LogP contribution is 2.38. The van der Waals surface area contributed by atoms with Crippen LogP contribution in [0, 0.1) is 5.92 Å². The number of anilines is 1. The highest BCUT2D eigenvalue weighted by Gasteiger charge is 2.20. The topological polar surface area (TPSA) is 41.1 Å². The van der Waals surface area contributed by atoms with E-state index in [0.29, 0.717) is 12.3 Å². The van der Waals surface area contributed by atoms with Crippen molar-refractivity contribution in [1.29, 1.82) is 0 Å². The van der Waals surface area contributed by atoms with E-state index >= 15 is 0 Å². The first-order chi connectivity index (χ1) is 10.8. The van der Waals surface area contributed by atoms with Crippen molar-refractivity contribution in [1.82, 2.24) is 5.32 Å². The second kappa shape index (κ2) is 8.02. The molecule has 120 valence electrons. The van der Waals surface area contributed by atoms with Gasteiger partial charge in [-0.05, 0) is 56.8 Å². The van der Waals surface area contributed by atoms with Gasteiger partial charge in [-0.25, -0.2) is 0 Å². The van der Waals surface area contributed by atoms with Gasteiger partial charge >= 0.3 is 0 Å². The molecule has 0 radical (unpaired) electrons. The van der Waals surface area contributed by atoms with Gasteiger partial charge in [-0.1, -0.05) is 25.0 Å². The van der Waals surface area contributed by atoms with Crippen molar-refractivity contribution in [2.24, 2.45) is 5.92 Å². The first-order valence-electron chi connectivity index (χ1n) is 8.57. The number of nitrogens with one attached hydrogen (secondary N) is 2. The molecule has 3 rings (SSSR count). The summed E-state index contributed by atoms with van der Waals surface area (Å²) in [6, 6.07) is 8.26. The zero-order valence-corrected chi connectivity index (χ0v) is 14.0. The molecule has 2 fully saturated rings. The largest absolute Gasteiger partial charge is 0.325 e. The lowest BCUT2D eigenvalue weighted by atomic mass is 9.94. The summed E-state index contributed by atoms with van der Waals surface area (Å²) in [5.74, 6) is 0.710. The van der Waals surface area contributed by atoms with Crippen LogP contribution in [0.2, 0.25) is 0 Å². The van der Waals surface area contributed by atoms with Crippen molar-refractivity contribution in [3.8, 4) is 0 Å². The normalized spacial score (nSPS) is 20.2. The Morgan fingerprint density at radius 2 is 1.86 bits per heavy atom. The average Bonchev–Trinajstić information content (AvgIpc) is 3.03. The Kier molecular flexibility index (Phi) is 5.79. The van der Waals surface area contributed by atoms with Gasteiger partial charge in [0.2, 0.25) is 5.91 Å². The van der Waals surface area contributed by atoms with Gasteiger partial charge in [0.1, 0.15) is 0 Å². The van der Waals surface area contributed by atoms with Gasteiger partial charge in [-0.2, -0.15) is 0 Å². The van der Waals surface area contributed by atoms with E-state index in [2.05, 4.69) is 22.8 Å². The molecule has 1 heterocycles. The molecule has 1 aliphatic heterocycles. The summed E-state index contributed by atoms with van der Waals surface area (Å²) in [7, 11) is 0. The molecule has 22 heavy (non-hydrogen) atoms. The lowest BCUT2D eigenvalue weighted by Gasteiger charge is -2.22. The smallest absolute Gasteiger partial charge is 0.224 e. The van der Waals surface area contributed by atoms with Gasteiger partial charge in [-0.15, -0.1) is 11.8 Å². The molecule has 1 saturated heterocycles. The van der Waals surface area contributed by atoms with Gasteiger partial charge < -0.3 is 10.6 Å². The predicted octanol–water partition coefficient (Wildman–Crippen LogP) is 4.05. The molecule has 0 unspecified atom stereocenters. The highest BCUT2D eigenvalue weighted by molar-refractivity contribution is 8.00. The number of hydrogen-bond donors (Lipinski definition) is 2. The minimum absolute atomic E-state index is 0.173. The highest BCUT2D eigenvalue weighted by atomic mass is 32.2. The molecule has 1 aromatic rings. The fourth-order valence-corrected chi connectivity index (χ4v) is 4.74. The predicted molar refractivity (Wildman–Crippen MR) is 93.4 cm³/mol. The van der Waals surface area contributed by atoms with Gasteiger partial charge in [0, 0.05) is 16.6 Å². The lowest BCUT2D eigenvalue weighted by Crippen LogP contribution is -2.30.